The molecule has 1 aromatic heterocycles. The average Bonchev–Trinajstić information content (AvgIpc) is 3.08. The van der Waals surface area contributed by atoms with Crippen molar-refractivity contribution in [3.05, 3.63) is 54.0 Å². The Morgan fingerprint density at radius 2 is 1.83 bits per heavy atom. The summed E-state index contributed by atoms with van der Waals surface area (Å²) >= 11 is 0. The molecule has 0 saturated carbocycles. The zero-order chi connectivity index (χ0) is 16.1. The van der Waals surface area contributed by atoms with Gasteiger partial charge < -0.3 is 4.90 Å². The number of sulfonamides is 1. The molecule has 1 aliphatic heterocycles. The first-order valence-electron chi connectivity index (χ1n) is 7.70. The summed E-state index contributed by atoms with van der Waals surface area (Å²) in [4.78, 5) is 10.8. The third-order valence-electron chi connectivity index (χ3n) is 3.77. The highest BCUT2D eigenvalue weighted by Gasteiger charge is 2.15. The molecule has 1 N–H and O–H groups in total. The van der Waals surface area contributed by atoms with Gasteiger partial charge in [0.1, 0.15) is 11.6 Å². The van der Waals surface area contributed by atoms with E-state index in [1.54, 1.807) is 18.3 Å². The van der Waals surface area contributed by atoms with Crippen LogP contribution in [-0.2, 0) is 22.3 Å². The molecule has 2 aromatic rings. The molecule has 1 aromatic carbocycles. The van der Waals surface area contributed by atoms with Crippen LogP contribution in [0.25, 0.3) is 0 Å². The molecule has 1 aliphatic rings. The molecule has 2 heterocycles. The molecule has 0 spiro atoms. The maximum absolute atomic E-state index is 12.1. The van der Waals surface area contributed by atoms with Crippen LogP contribution >= 0.6 is 0 Å². The normalized spacial score (nSPS) is 15.0. The molecule has 23 heavy (non-hydrogen) atoms. The monoisotopic (exact) mass is 332 g/mol. The van der Waals surface area contributed by atoms with E-state index in [1.807, 2.05) is 24.3 Å². The fraction of sp³-hybridized carbons (Fsp3) is 0.375. The van der Waals surface area contributed by atoms with Gasteiger partial charge in [-0.25, -0.2) is 23.1 Å². The number of rotatable bonds is 6. The van der Waals surface area contributed by atoms with Gasteiger partial charge in [-0.05, 0) is 24.5 Å². The predicted molar refractivity (Wildman–Crippen MR) is 89.4 cm³/mol. The second-order valence-corrected chi connectivity index (χ2v) is 7.40. The standard InChI is InChI=1S/C16H20N4O2S/c21-23(22,13-14-6-2-1-3-7-14)18-12-15-17-9-8-16(19-15)20-10-4-5-11-20/h1-3,6-9,18H,4-5,10-13H2. The maximum atomic E-state index is 12.1. The topological polar surface area (TPSA) is 75.2 Å². The Morgan fingerprint density at radius 3 is 2.57 bits per heavy atom. The van der Waals surface area contributed by atoms with E-state index in [1.165, 1.54) is 12.8 Å². The van der Waals surface area contributed by atoms with Gasteiger partial charge in [-0.2, -0.15) is 0 Å². The van der Waals surface area contributed by atoms with Crippen LogP contribution in [0.1, 0.15) is 24.2 Å². The number of nitrogens with one attached hydrogen (secondary N) is 1. The molecule has 3 rings (SSSR count). The van der Waals surface area contributed by atoms with Crippen molar-refractivity contribution in [2.75, 3.05) is 18.0 Å². The van der Waals surface area contributed by atoms with Crippen LogP contribution in [0.3, 0.4) is 0 Å². The largest absolute Gasteiger partial charge is 0.357 e. The number of aromatic nitrogens is 2. The lowest BCUT2D eigenvalue weighted by Gasteiger charge is -2.16. The van der Waals surface area contributed by atoms with Crippen LogP contribution in [0.15, 0.2) is 42.6 Å². The van der Waals surface area contributed by atoms with E-state index >= 15 is 0 Å². The highest BCUT2D eigenvalue weighted by molar-refractivity contribution is 7.88. The lowest BCUT2D eigenvalue weighted by Crippen LogP contribution is -2.26. The van der Waals surface area contributed by atoms with Crippen LogP contribution in [0, 0.1) is 0 Å². The Kier molecular flexibility index (Phi) is 4.88. The van der Waals surface area contributed by atoms with Gasteiger partial charge in [0, 0.05) is 19.3 Å². The SMILES string of the molecule is O=S(=O)(Cc1ccccc1)NCc1nccc(N2CCCC2)n1. The molecule has 1 saturated heterocycles. The Labute approximate surface area is 136 Å². The Hall–Kier alpha value is -1.99. The maximum Gasteiger partial charge on any atom is 0.216 e. The van der Waals surface area contributed by atoms with E-state index in [2.05, 4.69) is 19.6 Å². The second kappa shape index (κ2) is 7.06. The van der Waals surface area contributed by atoms with Crippen LogP contribution in [0.5, 0.6) is 0 Å². The number of nitrogens with zero attached hydrogens (tertiary/aromatic N) is 3. The predicted octanol–water partition coefficient (Wildman–Crippen LogP) is 1.70. The van der Waals surface area contributed by atoms with Crippen molar-refractivity contribution in [3.63, 3.8) is 0 Å². The van der Waals surface area contributed by atoms with Gasteiger partial charge in [-0.15, -0.1) is 0 Å². The smallest absolute Gasteiger partial charge is 0.216 e. The van der Waals surface area contributed by atoms with Crippen LogP contribution in [0.4, 0.5) is 5.82 Å². The molecular weight excluding hydrogens is 312 g/mol. The Morgan fingerprint density at radius 1 is 1.09 bits per heavy atom. The average molecular weight is 332 g/mol. The molecule has 0 radical (unpaired) electrons. The molecule has 0 bridgehead atoms. The third-order valence-corrected chi connectivity index (χ3v) is 5.07. The molecule has 0 unspecified atom stereocenters. The van der Waals surface area contributed by atoms with Crippen molar-refractivity contribution in [2.45, 2.75) is 25.1 Å². The summed E-state index contributed by atoms with van der Waals surface area (Å²) in [5, 5.41) is 0. The summed E-state index contributed by atoms with van der Waals surface area (Å²) in [6.45, 7) is 2.10. The first-order valence-corrected chi connectivity index (χ1v) is 9.36. The van der Waals surface area contributed by atoms with Gasteiger partial charge in [0.15, 0.2) is 0 Å². The Balaban J connectivity index is 1.62. The number of hydrogen-bond donors (Lipinski definition) is 1. The summed E-state index contributed by atoms with van der Waals surface area (Å²) in [6, 6.07) is 11.0. The first kappa shape index (κ1) is 15.9. The minimum Gasteiger partial charge on any atom is -0.357 e. The van der Waals surface area contributed by atoms with Crippen LogP contribution in [0.2, 0.25) is 0 Å². The number of benzene rings is 1. The lowest BCUT2D eigenvalue weighted by molar-refractivity contribution is 0.578. The van der Waals surface area contributed by atoms with E-state index in [0.717, 1.165) is 24.5 Å². The molecule has 1 fully saturated rings. The van der Waals surface area contributed by atoms with Crippen molar-refractivity contribution in [3.8, 4) is 0 Å². The number of hydrogen-bond acceptors (Lipinski definition) is 5. The van der Waals surface area contributed by atoms with Crippen molar-refractivity contribution < 1.29 is 8.42 Å². The summed E-state index contributed by atoms with van der Waals surface area (Å²) < 4.78 is 26.8. The van der Waals surface area contributed by atoms with E-state index in [-0.39, 0.29) is 12.3 Å². The van der Waals surface area contributed by atoms with Crippen molar-refractivity contribution >= 4 is 15.8 Å². The minimum absolute atomic E-state index is 0.0420. The van der Waals surface area contributed by atoms with E-state index in [9.17, 15) is 8.42 Å². The fourth-order valence-corrected chi connectivity index (χ4v) is 3.70. The fourth-order valence-electron chi connectivity index (χ4n) is 2.62. The number of anilines is 1. The van der Waals surface area contributed by atoms with Gasteiger partial charge in [-0.1, -0.05) is 30.3 Å². The summed E-state index contributed by atoms with van der Waals surface area (Å²) in [6.07, 6.45) is 4.02. The van der Waals surface area contributed by atoms with Crippen LogP contribution in [-0.4, -0.2) is 31.5 Å². The Bertz CT molecular complexity index is 744. The highest BCUT2D eigenvalue weighted by Crippen LogP contribution is 2.16. The zero-order valence-corrected chi connectivity index (χ0v) is 13.7. The van der Waals surface area contributed by atoms with Gasteiger partial charge in [0.2, 0.25) is 10.0 Å². The molecule has 7 heteroatoms. The third kappa shape index (κ3) is 4.49. The van der Waals surface area contributed by atoms with E-state index in [4.69, 9.17) is 0 Å². The van der Waals surface area contributed by atoms with Crippen molar-refractivity contribution in [1.29, 1.82) is 0 Å². The minimum atomic E-state index is -3.41. The van der Waals surface area contributed by atoms with Crippen molar-refractivity contribution in [1.82, 2.24) is 14.7 Å². The van der Waals surface area contributed by atoms with Gasteiger partial charge in [0.05, 0.1) is 12.3 Å². The lowest BCUT2D eigenvalue weighted by atomic mass is 10.2. The van der Waals surface area contributed by atoms with Gasteiger partial charge in [0.25, 0.3) is 0 Å². The summed E-state index contributed by atoms with van der Waals surface area (Å²) in [5.41, 5.74) is 0.756. The summed E-state index contributed by atoms with van der Waals surface area (Å²) in [7, 11) is -3.41. The quantitative estimate of drug-likeness (QED) is 0.871. The first-order chi connectivity index (χ1) is 11.1. The van der Waals surface area contributed by atoms with Gasteiger partial charge in [-0.3, -0.25) is 0 Å². The molecule has 0 atom stereocenters. The molecule has 0 amide bonds. The van der Waals surface area contributed by atoms with E-state index in [0.29, 0.717) is 5.82 Å². The molecule has 6 nitrogen and oxygen atoms in total. The molecule has 122 valence electrons. The van der Waals surface area contributed by atoms with Crippen LogP contribution < -0.4 is 9.62 Å². The van der Waals surface area contributed by atoms with E-state index < -0.39 is 10.0 Å². The molecule has 0 aliphatic carbocycles. The summed E-state index contributed by atoms with van der Waals surface area (Å²) in [5.74, 6) is 1.32. The van der Waals surface area contributed by atoms with Crippen molar-refractivity contribution in [2.24, 2.45) is 0 Å². The zero-order valence-electron chi connectivity index (χ0n) is 12.9. The second-order valence-electron chi connectivity index (χ2n) is 5.59. The highest BCUT2D eigenvalue weighted by atomic mass is 32.2. The van der Waals surface area contributed by atoms with Gasteiger partial charge >= 0.3 is 0 Å². The molecular formula is C16H20N4O2S.